The molecule has 0 radical (unpaired) electrons. The Morgan fingerprint density at radius 2 is 2.05 bits per heavy atom. The molecule has 0 aliphatic rings. The van der Waals surface area contributed by atoms with Gasteiger partial charge < -0.3 is 13.8 Å². The SMILES string of the molecule is COCCc1noc(Cn2cnc3cc(C)c(C)cc32)n1. The van der Waals surface area contributed by atoms with Crippen molar-refractivity contribution in [1.29, 1.82) is 0 Å². The molecule has 0 aliphatic heterocycles. The van der Waals surface area contributed by atoms with Crippen LogP contribution in [0, 0.1) is 13.8 Å². The molecule has 0 amide bonds. The summed E-state index contributed by atoms with van der Waals surface area (Å²) < 4.78 is 12.3. The van der Waals surface area contributed by atoms with Crippen molar-refractivity contribution in [3.8, 4) is 0 Å². The molecule has 0 spiro atoms. The average Bonchev–Trinajstić information content (AvgIpc) is 3.06. The predicted molar refractivity (Wildman–Crippen MR) is 78.2 cm³/mol. The van der Waals surface area contributed by atoms with E-state index in [4.69, 9.17) is 9.26 Å². The first-order chi connectivity index (χ1) is 10.2. The fourth-order valence-electron chi connectivity index (χ4n) is 2.23. The zero-order chi connectivity index (χ0) is 14.8. The van der Waals surface area contributed by atoms with Crippen LogP contribution in [0.5, 0.6) is 0 Å². The van der Waals surface area contributed by atoms with Gasteiger partial charge in [0.15, 0.2) is 5.82 Å². The molecule has 0 atom stereocenters. The Labute approximate surface area is 122 Å². The van der Waals surface area contributed by atoms with Crippen molar-refractivity contribution in [3.63, 3.8) is 0 Å². The van der Waals surface area contributed by atoms with Crippen LogP contribution in [0.1, 0.15) is 22.8 Å². The maximum Gasteiger partial charge on any atom is 0.246 e. The Morgan fingerprint density at radius 3 is 2.86 bits per heavy atom. The van der Waals surface area contributed by atoms with Gasteiger partial charge in [0.25, 0.3) is 0 Å². The Kier molecular flexibility index (Phi) is 3.70. The third-order valence-electron chi connectivity index (χ3n) is 3.58. The van der Waals surface area contributed by atoms with Crippen LogP contribution in [0.15, 0.2) is 23.0 Å². The average molecular weight is 286 g/mol. The topological polar surface area (TPSA) is 66.0 Å². The summed E-state index contributed by atoms with van der Waals surface area (Å²) in [4.78, 5) is 8.79. The van der Waals surface area contributed by atoms with Crippen LogP contribution in [0.2, 0.25) is 0 Å². The summed E-state index contributed by atoms with van der Waals surface area (Å²) in [6.07, 6.45) is 2.46. The Bertz CT molecular complexity index is 760. The van der Waals surface area contributed by atoms with Gasteiger partial charge in [-0.2, -0.15) is 4.98 Å². The number of nitrogens with zero attached hydrogens (tertiary/aromatic N) is 4. The summed E-state index contributed by atoms with van der Waals surface area (Å²) >= 11 is 0. The van der Waals surface area contributed by atoms with Gasteiger partial charge in [0.05, 0.1) is 24.0 Å². The second-order valence-electron chi connectivity index (χ2n) is 5.14. The molecule has 2 aromatic heterocycles. The maximum absolute atomic E-state index is 5.27. The molecule has 0 aliphatic carbocycles. The molecule has 3 rings (SSSR count). The number of imidazole rings is 1. The van der Waals surface area contributed by atoms with Gasteiger partial charge in [-0.25, -0.2) is 4.98 Å². The van der Waals surface area contributed by atoms with Gasteiger partial charge >= 0.3 is 0 Å². The highest BCUT2D eigenvalue weighted by atomic mass is 16.5. The Balaban J connectivity index is 1.84. The zero-order valence-corrected chi connectivity index (χ0v) is 12.5. The number of methoxy groups -OCH3 is 1. The monoisotopic (exact) mass is 286 g/mol. The molecule has 1 aromatic carbocycles. The van der Waals surface area contributed by atoms with Crippen molar-refractivity contribution in [3.05, 3.63) is 41.3 Å². The van der Waals surface area contributed by atoms with Gasteiger partial charge in [-0.15, -0.1) is 0 Å². The van der Waals surface area contributed by atoms with E-state index in [0.29, 0.717) is 31.3 Å². The van der Waals surface area contributed by atoms with Crippen molar-refractivity contribution >= 4 is 11.0 Å². The molecule has 0 bridgehead atoms. The highest BCUT2D eigenvalue weighted by Crippen LogP contribution is 2.19. The molecule has 0 saturated carbocycles. The summed E-state index contributed by atoms with van der Waals surface area (Å²) in [6.45, 7) is 5.31. The number of aromatic nitrogens is 4. The van der Waals surface area contributed by atoms with Crippen molar-refractivity contribution in [2.75, 3.05) is 13.7 Å². The molecule has 0 unspecified atom stereocenters. The lowest BCUT2D eigenvalue weighted by atomic mass is 10.1. The standard InChI is InChI=1S/C15H18N4O2/c1-10-6-12-13(7-11(10)2)19(9-16-12)8-15-17-14(18-21-15)4-5-20-3/h6-7,9H,4-5,8H2,1-3H3. The van der Waals surface area contributed by atoms with Crippen molar-refractivity contribution in [2.24, 2.45) is 0 Å². The van der Waals surface area contributed by atoms with E-state index < -0.39 is 0 Å². The van der Waals surface area contributed by atoms with Gasteiger partial charge in [0, 0.05) is 13.5 Å². The van der Waals surface area contributed by atoms with Crippen LogP contribution >= 0.6 is 0 Å². The van der Waals surface area contributed by atoms with Crippen LogP contribution in [0.4, 0.5) is 0 Å². The third-order valence-corrected chi connectivity index (χ3v) is 3.58. The van der Waals surface area contributed by atoms with E-state index in [1.807, 2.05) is 10.9 Å². The van der Waals surface area contributed by atoms with Gasteiger partial charge in [0.1, 0.15) is 6.54 Å². The van der Waals surface area contributed by atoms with Crippen LogP contribution in [0.3, 0.4) is 0 Å². The zero-order valence-electron chi connectivity index (χ0n) is 12.5. The number of hydrogen-bond donors (Lipinski definition) is 0. The van der Waals surface area contributed by atoms with Crippen LogP contribution in [0.25, 0.3) is 11.0 Å². The lowest BCUT2D eigenvalue weighted by molar-refractivity contribution is 0.199. The van der Waals surface area contributed by atoms with Crippen LogP contribution in [-0.2, 0) is 17.7 Å². The number of hydrogen-bond acceptors (Lipinski definition) is 5. The van der Waals surface area contributed by atoms with E-state index in [0.717, 1.165) is 11.0 Å². The molecular formula is C15H18N4O2. The quantitative estimate of drug-likeness (QED) is 0.720. The second-order valence-corrected chi connectivity index (χ2v) is 5.14. The van der Waals surface area contributed by atoms with Crippen LogP contribution in [-0.4, -0.2) is 33.4 Å². The largest absolute Gasteiger partial charge is 0.384 e. The summed E-state index contributed by atoms with van der Waals surface area (Å²) in [5, 5.41) is 3.95. The molecular weight excluding hydrogens is 268 g/mol. The van der Waals surface area contributed by atoms with E-state index >= 15 is 0 Å². The normalized spacial score (nSPS) is 11.4. The molecule has 0 N–H and O–H groups in total. The number of ether oxygens (including phenoxy) is 1. The lowest BCUT2D eigenvalue weighted by Crippen LogP contribution is -2.00. The predicted octanol–water partition coefficient (Wildman–Crippen LogP) is 2.27. The first kappa shape index (κ1) is 13.8. The smallest absolute Gasteiger partial charge is 0.246 e. The molecule has 6 nitrogen and oxygen atoms in total. The molecule has 3 aromatic rings. The minimum atomic E-state index is 0.527. The van der Waals surface area contributed by atoms with E-state index in [2.05, 4.69) is 41.1 Å². The molecule has 110 valence electrons. The fourth-order valence-corrected chi connectivity index (χ4v) is 2.23. The first-order valence-electron chi connectivity index (χ1n) is 6.90. The Morgan fingerprint density at radius 1 is 1.24 bits per heavy atom. The first-order valence-corrected chi connectivity index (χ1v) is 6.90. The van der Waals surface area contributed by atoms with E-state index in [1.54, 1.807) is 7.11 Å². The molecule has 21 heavy (non-hydrogen) atoms. The third kappa shape index (κ3) is 2.80. The lowest BCUT2D eigenvalue weighted by Gasteiger charge is -2.03. The summed E-state index contributed by atoms with van der Waals surface area (Å²) in [6, 6.07) is 4.23. The minimum absolute atomic E-state index is 0.527. The molecule has 6 heteroatoms. The van der Waals surface area contributed by atoms with Crippen LogP contribution < -0.4 is 0 Å². The van der Waals surface area contributed by atoms with E-state index in [-0.39, 0.29) is 0 Å². The van der Waals surface area contributed by atoms with E-state index in [1.165, 1.54) is 11.1 Å². The van der Waals surface area contributed by atoms with Gasteiger partial charge in [-0.1, -0.05) is 5.16 Å². The van der Waals surface area contributed by atoms with E-state index in [9.17, 15) is 0 Å². The summed E-state index contributed by atoms with van der Waals surface area (Å²) in [5.74, 6) is 1.25. The van der Waals surface area contributed by atoms with Crippen molar-refractivity contribution < 1.29 is 9.26 Å². The number of benzene rings is 1. The summed E-state index contributed by atoms with van der Waals surface area (Å²) in [7, 11) is 1.66. The maximum atomic E-state index is 5.27. The van der Waals surface area contributed by atoms with Crippen molar-refractivity contribution in [2.45, 2.75) is 26.8 Å². The molecule has 2 heterocycles. The fraction of sp³-hybridized carbons (Fsp3) is 0.400. The number of rotatable bonds is 5. The highest BCUT2D eigenvalue weighted by Gasteiger charge is 2.10. The summed E-state index contributed by atoms with van der Waals surface area (Å²) in [5.41, 5.74) is 4.55. The minimum Gasteiger partial charge on any atom is -0.384 e. The Hall–Kier alpha value is -2.21. The van der Waals surface area contributed by atoms with Crippen molar-refractivity contribution in [1.82, 2.24) is 19.7 Å². The number of fused-ring (bicyclic) bond motifs is 1. The van der Waals surface area contributed by atoms with Gasteiger partial charge in [-0.05, 0) is 37.1 Å². The van der Waals surface area contributed by atoms with Gasteiger partial charge in [0.2, 0.25) is 5.89 Å². The highest BCUT2D eigenvalue weighted by molar-refractivity contribution is 5.77. The molecule has 0 saturated heterocycles. The van der Waals surface area contributed by atoms with Gasteiger partial charge in [-0.3, -0.25) is 0 Å². The number of aryl methyl sites for hydroxylation is 2. The molecule has 0 fully saturated rings. The second kappa shape index (κ2) is 5.65.